The highest BCUT2D eigenvalue weighted by molar-refractivity contribution is 7.20. The number of hydrogen-bond donors (Lipinski definition) is 1. The van der Waals surface area contributed by atoms with Gasteiger partial charge in [0.1, 0.15) is 0 Å². The normalized spacial score (nSPS) is 11.0. The first-order valence-electron chi connectivity index (χ1n) is 8.06. The number of hydrogen-bond acceptors (Lipinski definition) is 6. The van der Waals surface area contributed by atoms with E-state index in [0.29, 0.717) is 26.9 Å². The number of aryl methyl sites for hydroxylation is 1. The SMILES string of the molecule is O=C(CCn1ncc(=O)c2ccccc21)Nc1nc(-c2ccc(Cl)s2)cs1. The summed E-state index contributed by atoms with van der Waals surface area (Å²) in [5.74, 6) is -0.162. The van der Waals surface area contributed by atoms with Gasteiger partial charge in [0, 0.05) is 17.2 Å². The van der Waals surface area contributed by atoms with Crippen LogP contribution in [0.3, 0.4) is 0 Å². The van der Waals surface area contributed by atoms with E-state index in [1.165, 1.54) is 28.9 Å². The van der Waals surface area contributed by atoms with Crippen LogP contribution in [-0.2, 0) is 11.3 Å². The molecule has 1 amide bonds. The Morgan fingerprint density at radius 3 is 2.89 bits per heavy atom. The van der Waals surface area contributed by atoms with E-state index in [1.54, 1.807) is 10.7 Å². The van der Waals surface area contributed by atoms with Crippen molar-refractivity contribution in [3.63, 3.8) is 0 Å². The van der Waals surface area contributed by atoms with Crippen molar-refractivity contribution >= 4 is 56.2 Å². The van der Waals surface area contributed by atoms with E-state index < -0.39 is 0 Å². The van der Waals surface area contributed by atoms with E-state index in [0.717, 1.165) is 10.6 Å². The predicted molar refractivity (Wildman–Crippen MR) is 110 cm³/mol. The zero-order valence-corrected chi connectivity index (χ0v) is 16.3. The Labute approximate surface area is 167 Å². The molecular formula is C18H13ClN4O2S2. The molecule has 3 heterocycles. The number of anilines is 1. The molecule has 0 aliphatic rings. The molecular weight excluding hydrogens is 404 g/mol. The van der Waals surface area contributed by atoms with Crippen molar-refractivity contribution in [2.24, 2.45) is 0 Å². The first-order chi connectivity index (χ1) is 13.1. The van der Waals surface area contributed by atoms with E-state index in [-0.39, 0.29) is 17.8 Å². The number of halogens is 1. The Morgan fingerprint density at radius 1 is 1.22 bits per heavy atom. The summed E-state index contributed by atoms with van der Waals surface area (Å²) in [6.07, 6.45) is 1.50. The number of aromatic nitrogens is 3. The largest absolute Gasteiger partial charge is 0.302 e. The van der Waals surface area contributed by atoms with E-state index in [2.05, 4.69) is 15.4 Å². The molecule has 0 aliphatic heterocycles. The Hall–Kier alpha value is -2.55. The van der Waals surface area contributed by atoms with Gasteiger partial charge in [-0.15, -0.1) is 22.7 Å². The van der Waals surface area contributed by atoms with Gasteiger partial charge < -0.3 is 5.32 Å². The number of thiazole rings is 1. The van der Waals surface area contributed by atoms with E-state index >= 15 is 0 Å². The monoisotopic (exact) mass is 416 g/mol. The third-order valence-corrected chi connectivity index (χ3v) is 5.90. The Morgan fingerprint density at radius 2 is 2.07 bits per heavy atom. The number of thiophene rings is 1. The average molecular weight is 417 g/mol. The van der Waals surface area contributed by atoms with E-state index in [9.17, 15) is 9.59 Å². The summed E-state index contributed by atoms with van der Waals surface area (Å²) in [6.45, 7) is 0.366. The zero-order chi connectivity index (χ0) is 18.8. The third-order valence-electron chi connectivity index (χ3n) is 3.89. The van der Waals surface area contributed by atoms with Crippen LogP contribution in [0.2, 0.25) is 4.34 Å². The van der Waals surface area contributed by atoms with Gasteiger partial charge in [0.05, 0.1) is 33.2 Å². The second kappa shape index (κ2) is 7.59. The van der Waals surface area contributed by atoms with Crippen LogP contribution in [-0.4, -0.2) is 20.7 Å². The number of benzene rings is 1. The van der Waals surface area contributed by atoms with Gasteiger partial charge in [0.25, 0.3) is 0 Å². The fraction of sp³-hybridized carbons (Fsp3) is 0.111. The second-order valence-corrected chi connectivity index (χ2v) is 8.26. The molecule has 3 aromatic heterocycles. The summed E-state index contributed by atoms with van der Waals surface area (Å²) >= 11 is 8.76. The van der Waals surface area contributed by atoms with Gasteiger partial charge in [-0.05, 0) is 24.3 Å². The molecule has 6 nitrogen and oxygen atoms in total. The van der Waals surface area contributed by atoms with Crippen molar-refractivity contribution in [3.8, 4) is 10.6 Å². The van der Waals surface area contributed by atoms with Crippen LogP contribution in [0.15, 0.2) is 52.8 Å². The molecule has 0 bridgehead atoms. The van der Waals surface area contributed by atoms with Gasteiger partial charge in [-0.3, -0.25) is 14.3 Å². The van der Waals surface area contributed by atoms with Gasteiger partial charge in [-0.1, -0.05) is 23.7 Å². The molecule has 9 heteroatoms. The number of nitrogens with one attached hydrogen (secondary N) is 1. The maximum Gasteiger partial charge on any atom is 0.228 e. The summed E-state index contributed by atoms with van der Waals surface area (Å²) in [7, 11) is 0. The second-order valence-electron chi connectivity index (χ2n) is 5.69. The highest BCUT2D eigenvalue weighted by Crippen LogP contribution is 2.32. The molecule has 1 aromatic carbocycles. The molecule has 4 aromatic rings. The summed E-state index contributed by atoms with van der Waals surface area (Å²) < 4.78 is 2.36. The van der Waals surface area contributed by atoms with Crippen LogP contribution in [0.4, 0.5) is 5.13 Å². The third kappa shape index (κ3) is 3.92. The van der Waals surface area contributed by atoms with Gasteiger partial charge in [0.15, 0.2) is 5.13 Å². The Balaban J connectivity index is 1.43. The minimum atomic E-state index is -0.162. The first-order valence-corrected chi connectivity index (χ1v) is 10.1. The van der Waals surface area contributed by atoms with Crippen LogP contribution in [0.5, 0.6) is 0 Å². The van der Waals surface area contributed by atoms with Crippen LogP contribution in [0.25, 0.3) is 21.5 Å². The van der Waals surface area contributed by atoms with E-state index in [1.807, 2.05) is 35.7 Å². The topological polar surface area (TPSA) is 76.9 Å². The number of nitrogens with zero attached hydrogens (tertiary/aromatic N) is 3. The Bertz CT molecular complexity index is 1180. The molecule has 0 unspecified atom stereocenters. The number of fused-ring (bicyclic) bond motifs is 1. The molecule has 136 valence electrons. The summed E-state index contributed by atoms with van der Waals surface area (Å²) in [4.78, 5) is 29.5. The van der Waals surface area contributed by atoms with Crippen molar-refractivity contribution in [3.05, 3.63) is 62.5 Å². The molecule has 0 saturated carbocycles. The maximum atomic E-state index is 12.3. The smallest absolute Gasteiger partial charge is 0.228 e. The molecule has 1 N–H and O–H groups in total. The van der Waals surface area contributed by atoms with Gasteiger partial charge >= 0.3 is 0 Å². The number of amides is 1. The van der Waals surface area contributed by atoms with Gasteiger partial charge in [0.2, 0.25) is 11.3 Å². The van der Waals surface area contributed by atoms with Crippen LogP contribution in [0, 0.1) is 0 Å². The fourth-order valence-electron chi connectivity index (χ4n) is 2.62. The molecule has 0 atom stereocenters. The number of para-hydroxylation sites is 1. The molecule has 0 radical (unpaired) electrons. The van der Waals surface area contributed by atoms with Crippen LogP contribution in [0.1, 0.15) is 6.42 Å². The highest BCUT2D eigenvalue weighted by Gasteiger charge is 2.11. The molecule has 0 spiro atoms. The quantitative estimate of drug-likeness (QED) is 0.527. The summed E-state index contributed by atoms with van der Waals surface area (Å²) in [5, 5.41) is 9.95. The lowest BCUT2D eigenvalue weighted by molar-refractivity contribution is -0.116. The lowest BCUT2D eigenvalue weighted by Gasteiger charge is -2.08. The number of carbonyl (C=O) groups is 1. The maximum absolute atomic E-state index is 12.3. The standard InChI is InChI=1S/C18H13ClN4O2S2/c19-16-6-5-15(27-16)12-10-26-18(21-12)22-17(25)7-8-23-13-4-2-1-3-11(13)14(24)9-20-23/h1-6,9-10H,7-8H2,(H,21,22,25). The highest BCUT2D eigenvalue weighted by atomic mass is 35.5. The average Bonchev–Trinajstić information content (AvgIpc) is 3.30. The molecule has 0 saturated heterocycles. The van der Waals surface area contributed by atoms with Crippen LogP contribution < -0.4 is 10.7 Å². The first kappa shape index (κ1) is 17.8. The molecule has 0 aliphatic carbocycles. The number of carbonyl (C=O) groups excluding carboxylic acids is 1. The molecule has 0 fully saturated rings. The van der Waals surface area contributed by atoms with Crippen molar-refractivity contribution in [1.82, 2.24) is 14.8 Å². The van der Waals surface area contributed by atoms with Gasteiger partial charge in [-0.25, -0.2) is 4.98 Å². The van der Waals surface area contributed by atoms with Crippen molar-refractivity contribution in [1.29, 1.82) is 0 Å². The zero-order valence-electron chi connectivity index (χ0n) is 13.9. The molecule has 27 heavy (non-hydrogen) atoms. The summed E-state index contributed by atoms with van der Waals surface area (Å²) in [5.41, 5.74) is 1.37. The van der Waals surface area contributed by atoms with Crippen molar-refractivity contribution < 1.29 is 4.79 Å². The van der Waals surface area contributed by atoms with Gasteiger partial charge in [-0.2, -0.15) is 5.10 Å². The lowest BCUT2D eigenvalue weighted by Crippen LogP contribution is -2.17. The van der Waals surface area contributed by atoms with Crippen molar-refractivity contribution in [2.45, 2.75) is 13.0 Å². The van der Waals surface area contributed by atoms with Crippen molar-refractivity contribution in [2.75, 3.05) is 5.32 Å². The fourth-order valence-corrected chi connectivity index (χ4v) is 4.43. The minimum absolute atomic E-state index is 0.129. The number of rotatable bonds is 5. The van der Waals surface area contributed by atoms with E-state index in [4.69, 9.17) is 11.6 Å². The predicted octanol–water partition coefficient (Wildman–Crippen LogP) is 4.26. The summed E-state index contributed by atoms with van der Waals surface area (Å²) in [6, 6.07) is 10.9. The van der Waals surface area contributed by atoms with Crippen LogP contribution >= 0.6 is 34.3 Å². The Kier molecular flexibility index (Phi) is 5.02. The minimum Gasteiger partial charge on any atom is -0.302 e. The molecule has 4 rings (SSSR count). The lowest BCUT2D eigenvalue weighted by atomic mass is 10.2.